The van der Waals surface area contributed by atoms with E-state index in [1.165, 1.54) is 5.56 Å². The molecule has 2 nitrogen and oxygen atoms in total. The lowest BCUT2D eigenvalue weighted by Gasteiger charge is -2.22. The summed E-state index contributed by atoms with van der Waals surface area (Å²) >= 11 is 11.7. The highest BCUT2D eigenvalue weighted by Crippen LogP contribution is 2.17. The minimum Gasteiger partial charge on any atom is -0.351 e. The number of alkyl halides is 1. The molecular weight excluding hydrogens is 267 g/mol. The largest absolute Gasteiger partial charge is 0.351 e. The van der Waals surface area contributed by atoms with E-state index in [0.29, 0.717) is 10.9 Å². The molecule has 0 aliphatic carbocycles. The number of pyridine rings is 1. The van der Waals surface area contributed by atoms with Crippen molar-refractivity contribution in [3.63, 3.8) is 0 Å². The summed E-state index contributed by atoms with van der Waals surface area (Å²) in [7, 11) is 0. The molecule has 0 aliphatic rings. The number of hydrogen-bond acceptors (Lipinski definition) is 2. The summed E-state index contributed by atoms with van der Waals surface area (Å²) in [5.74, 6) is 1.46. The van der Waals surface area contributed by atoms with Gasteiger partial charge in [0.15, 0.2) is 0 Å². The highest BCUT2D eigenvalue weighted by atomic mass is 35.5. The van der Waals surface area contributed by atoms with Gasteiger partial charge in [0.1, 0.15) is 5.82 Å². The Morgan fingerprint density at radius 3 is 2.44 bits per heavy atom. The topological polar surface area (TPSA) is 16.1 Å². The molecule has 0 unspecified atom stereocenters. The third kappa shape index (κ3) is 3.62. The van der Waals surface area contributed by atoms with Gasteiger partial charge in [-0.15, -0.1) is 11.6 Å². The van der Waals surface area contributed by atoms with E-state index >= 15 is 0 Å². The Morgan fingerprint density at radius 2 is 1.83 bits per heavy atom. The lowest BCUT2D eigenvalue weighted by molar-refractivity contribution is 0.817. The highest BCUT2D eigenvalue weighted by Gasteiger charge is 2.07. The van der Waals surface area contributed by atoms with Crippen molar-refractivity contribution in [1.82, 2.24) is 4.98 Å². The van der Waals surface area contributed by atoms with E-state index in [1.54, 1.807) is 6.20 Å². The molecule has 0 saturated heterocycles. The van der Waals surface area contributed by atoms with Crippen molar-refractivity contribution in [1.29, 1.82) is 0 Å². The average Bonchev–Trinajstić information content (AvgIpc) is 2.40. The van der Waals surface area contributed by atoms with Crippen LogP contribution < -0.4 is 4.90 Å². The standard InChI is InChI=1S/C14H14Cl2N2/c15-8-9-18(11-12-4-2-1-3-5-12)14-7-6-13(16)10-17-14/h1-7,10H,8-9,11H2. The summed E-state index contributed by atoms with van der Waals surface area (Å²) in [6.45, 7) is 1.55. The van der Waals surface area contributed by atoms with Crippen LogP contribution in [0.1, 0.15) is 5.56 Å². The molecule has 2 aromatic rings. The zero-order valence-electron chi connectivity index (χ0n) is 9.89. The van der Waals surface area contributed by atoms with Crippen LogP contribution in [0.25, 0.3) is 0 Å². The van der Waals surface area contributed by atoms with Gasteiger partial charge in [0.25, 0.3) is 0 Å². The molecule has 1 aromatic carbocycles. The smallest absolute Gasteiger partial charge is 0.128 e. The number of benzene rings is 1. The van der Waals surface area contributed by atoms with Gasteiger partial charge in [-0.25, -0.2) is 4.98 Å². The Bertz CT molecular complexity index is 471. The zero-order valence-corrected chi connectivity index (χ0v) is 11.4. The molecule has 94 valence electrons. The van der Waals surface area contributed by atoms with E-state index in [1.807, 2.05) is 30.3 Å². The Hall–Kier alpha value is -1.25. The van der Waals surface area contributed by atoms with Gasteiger partial charge in [-0.3, -0.25) is 0 Å². The zero-order chi connectivity index (χ0) is 12.8. The second-order valence-electron chi connectivity index (χ2n) is 3.93. The SMILES string of the molecule is ClCCN(Cc1ccccc1)c1ccc(Cl)cn1. The molecule has 0 fully saturated rings. The van der Waals surface area contributed by atoms with Crippen molar-refractivity contribution < 1.29 is 0 Å². The summed E-state index contributed by atoms with van der Waals surface area (Å²) < 4.78 is 0. The van der Waals surface area contributed by atoms with E-state index in [-0.39, 0.29) is 0 Å². The van der Waals surface area contributed by atoms with Crippen LogP contribution >= 0.6 is 23.2 Å². The first-order valence-corrected chi connectivity index (χ1v) is 6.67. The van der Waals surface area contributed by atoms with E-state index in [9.17, 15) is 0 Å². The van der Waals surface area contributed by atoms with Gasteiger partial charge in [0.2, 0.25) is 0 Å². The van der Waals surface area contributed by atoms with Gasteiger partial charge in [0, 0.05) is 25.2 Å². The van der Waals surface area contributed by atoms with Crippen molar-refractivity contribution in [2.24, 2.45) is 0 Å². The third-order valence-electron chi connectivity index (χ3n) is 2.61. The van der Waals surface area contributed by atoms with Crippen LogP contribution in [-0.2, 0) is 6.54 Å². The van der Waals surface area contributed by atoms with Crippen molar-refractivity contribution in [3.05, 3.63) is 59.2 Å². The molecule has 0 saturated carbocycles. The van der Waals surface area contributed by atoms with Gasteiger partial charge in [-0.05, 0) is 17.7 Å². The van der Waals surface area contributed by atoms with Crippen molar-refractivity contribution in [3.8, 4) is 0 Å². The predicted octanol–water partition coefficient (Wildman–Crippen LogP) is 3.98. The number of nitrogens with zero attached hydrogens (tertiary/aromatic N) is 2. The molecule has 4 heteroatoms. The summed E-state index contributed by atoms with van der Waals surface area (Å²) in [6, 6.07) is 14.0. The second-order valence-corrected chi connectivity index (χ2v) is 4.75. The monoisotopic (exact) mass is 280 g/mol. The minimum atomic E-state index is 0.567. The summed E-state index contributed by atoms with van der Waals surface area (Å²) in [4.78, 5) is 6.47. The molecule has 0 spiro atoms. The first kappa shape index (κ1) is 13.2. The number of hydrogen-bond donors (Lipinski definition) is 0. The quantitative estimate of drug-likeness (QED) is 0.771. The maximum atomic E-state index is 5.85. The van der Waals surface area contributed by atoms with Gasteiger partial charge in [0.05, 0.1) is 5.02 Å². The van der Waals surface area contributed by atoms with E-state index < -0.39 is 0 Å². The fourth-order valence-electron chi connectivity index (χ4n) is 1.74. The van der Waals surface area contributed by atoms with Crippen LogP contribution in [0.15, 0.2) is 48.7 Å². The van der Waals surface area contributed by atoms with Crippen molar-refractivity contribution in [2.45, 2.75) is 6.54 Å². The first-order chi connectivity index (χ1) is 8.79. The Morgan fingerprint density at radius 1 is 1.06 bits per heavy atom. The maximum Gasteiger partial charge on any atom is 0.128 e. The molecule has 0 amide bonds. The summed E-state index contributed by atoms with van der Waals surface area (Å²) in [5.41, 5.74) is 1.24. The number of halogens is 2. The second kappa shape index (κ2) is 6.62. The van der Waals surface area contributed by atoms with Crippen LogP contribution in [0.2, 0.25) is 5.02 Å². The fourth-order valence-corrected chi connectivity index (χ4v) is 2.05. The fraction of sp³-hybridized carbons (Fsp3) is 0.214. The van der Waals surface area contributed by atoms with Gasteiger partial charge >= 0.3 is 0 Å². The predicted molar refractivity (Wildman–Crippen MR) is 77.5 cm³/mol. The number of aromatic nitrogens is 1. The van der Waals surface area contributed by atoms with E-state index in [4.69, 9.17) is 23.2 Å². The molecule has 0 bridgehead atoms. The molecule has 1 heterocycles. The molecule has 0 atom stereocenters. The normalized spacial score (nSPS) is 10.3. The van der Waals surface area contributed by atoms with Crippen LogP contribution in [-0.4, -0.2) is 17.4 Å². The minimum absolute atomic E-state index is 0.567. The van der Waals surface area contributed by atoms with Crippen LogP contribution in [0.4, 0.5) is 5.82 Å². The van der Waals surface area contributed by atoms with Gasteiger partial charge in [-0.2, -0.15) is 0 Å². The van der Waals surface area contributed by atoms with E-state index in [0.717, 1.165) is 18.9 Å². The van der Waals surface area contributed by atoms with Gasteiger partial charge < -0.3 is 4.90 Å². The molecule has 0 N–H and O–H groups in total. The van der Waals surface area contributed by atoms with Crippen LogP contribution in [0, 0.1) is 0 Å². The van der Waals surface area contributed by atoms with Gasteiger partial charge in [-0.1, -0.05) is 41.9 Å². The lowest BCUT2D eigenvalue weighted by Crippen LogP contribution is -2.25. The average molecular weight is 281 g/mol. The maximum absolute atomic E-state index is 5.85. The van der Waals surface area contributed by atoms with Crippen molar-refractivity contribution >= 4 is 29.0 Å². The summed E-state index contributed by atoms with van der Waals surface area (Å²) in [5, 5.41) is 0.643. The third-order valence-corrected chi connectivity index (χ3v) is 3.00. The Balaban J connectivity index is 2.15. The Labute approximate surface area is 117 Å². The molecule has 0 radical (unpaired) electrons. The van der Waals surface area contributed by atoms with Crippen molar-refractivity contribution in [2.75, 3.05) is 17.3 Å². The molecule has 2 rings (SSSR count). The number of rotatable bonds is 5. The van der Waals surface area contributed by atoms with E-state index in [2.05, 4.69) is 22.0 Å². The molecule has 18 heavy (non-hydrogen) atoms. The lowest BCUT2D eigenvalue weighted by atomic mass is 10.2. The molecule has 1 aromatic heterocycles. The molecule has 0 aliphatic heterocycles. The Kier molecular flexibility index (Phi) is 4.85. The van der Waals surface area contributed by atoms with Crippen LogP contribution in [0.3, 0.4) is 0 Å². The highest BCUT2D eigenvalue weighted by molar-refractivity contribution is 6.30. The first-order valence-electron chi connectivity index (χ1n) is 5.76. The molecular formula is C14H14Cl2N2. The van der Waals surface area contributed by atoms with Crippen LogP contribution in [0.5, 0.6) is 0 Å². The summed E-state index contributed by atoms with van der Waals surface area (Å²) in [6.07, 6.45) is 1.66. The number of anilines is 1.